The molecule has 1 aliphatic heterocycles. The highest BCUT2D eigenvalue weighted by molar-refractivity contribution is 6.08. The van der Waals surface area contributed by atoms with E-state index in [0.717, 1.165) is 53.7 Å². The van der Waals surface area contributed by atoms with E-state index in [0.29, 0.717) is 34.8 Å². The van der Waals surface area contributed by atoms with Crippen molar-refractivity contribution in [3.63, 3.8) is 0 Å². The van der Waals surface area contributed by atoms with Gasteiger partial charge >= 0.3 is 0 Å². The molecule has 3 heterocycles. The Bertz CT molecular complexity index is 1550. The molecule has 1 aliphatic rings. The number of hydrogen-bond donors (Lipinski definition) is 2. The van der Waals surface area contributed by atoms with Gasteiger partial charge in [0.15, 0.2) is 0 Å². The van der Waals surface area contributed by atoms with Gasteiger partial charge < -0.3 is 25.4 Å². The molecule has 3 N–H and O–H groups in total. The Morgan fingerprint density at radius 2 is 1.64 bits per heavy atom. The number of aromatic nitrogens is 3. The maximum atomic E-state index is 12.9. The summed E-state index contributed by atoms with van der Waals surface area (Å²) in [6, 6.07) is 15.3. The molecule has 200 valence electrons. The number of carbonyl (C=O) groups excluding carboxylic acids is 2. The minimum absolute atomic E-state index is 0.0611. The minimum atomic E-state index is -0.214. The lowest BCUT2D eigenvalue weighted by molar-refractivity contribution is -0.113. The summed E-state index contributed by atoms with van der Waals surface area (Å²) in [5, 5.41) is 3.67. The minimum Gasteiger partial charge on any atom is -0.383 e. The van der Waals surface area contributed by atoms with Crippen molar-refractivity contribution in [3.05, 3.63) is 72.6 Å². The maximum absolute atomic E-state index is 12.9. The molecule has 0 atom stereocenters. The third-order valence-corrected chi connectivity index (χ3v) is 7.05. The first kappa shape index (κ1) is 26.1. The Labute approximate surface area is 228 Å². The standard InChI is InChI=1S/C30H33N7O2/c1-19(17-35(2)3)29(38)34-23-13-11-21(12-14-23)26-24(25-27(31)32-18-33-28(25)36(26)4)20-7-9-22(10-8-20)30(39)37-15-5-6-16-37/h7-14,18H,1,5-6,15-17H2,2-4H3,(H,34,38)(H2,31,32,33). The number of likely N-dealkylation sites (N-methyl/N-ethyl adjacent to an activating group) is 1. The highest BCUT2D eigenvalue weighted by Crippen LogP contribution is 2.41. The van der Waals surface area contributed by atoms with E-state index in [4.69, 9.17) is 5.73 Å². The van der Waals surface area contributed by atoms with Crippen molar-refractivity contribution in [2.24, 2.45) is 7.05 Å². The van der Waals surface area contributed by atoms with Crippen molar-refractivity contribution in [2.75, 3.05) is 44.8 Å². The molecule has 2 amide bonds. The first-order chi connectivity index (χ1) is 18.7. The zero-order valence-electron chi connectivity index (χ0n) is 22.6. The van der Waals surface area contributed by atoms with Crippen LogP contribution in [-0.4, -0.2) is 69.9 Å². The molecule has 0 unspecified atom stereocenters. The average Bonchev–Trinajstić information content (AvgIpc) is 3.56. The molecule has 0 aliphatic carbocycles. The fraction of sp³-hybridized carbons (Fsp3) is 0.267. The number of aryl methyl sites for hydroxylation is 1. The van der Waals surface area contributed by atoms with E-state index in [2.05, 4.69) is 21.9 Å². The van der Waals surface area contributed by atoms with E-state index in [9.17, 15) is 9.59 Å². The molecule has 0 saturated carbocycles. The van der Waals surface area contributed by atoms with Gasteiger partial charge in [0.25, 0.3) is 11.8 Å². The maximum Gasteiger partial charge on any atom is 0.253 e. The zero-order chi connectivity index (χ0) is 27.7. The summed E-state index contributed by atoms with van der Waals surface area (Å²) < 4.78 is 2.00. The van der Waals surface area contributed by atoms with Gasteiger partial charge in [-0.05, 0) is 62.3 Å². The number of nitrogens with zero attached hydrogens (tertiary/aromatic N) is 5. The highest BCUT2D eigenvalue weighted by Gasteiger charge is 2.23. The van der Waals surface area contributed by atoms with Crippen molar-refractivity contribution in [1.82, 2.24) is 24.3 Å². The van der Waals surface area contributed by atoms with Gasteiger partial charge in [0.2, 0.25) is 0 Å². The summed E-state index contributed by atoms with van der Waals surface area (Å²) in [5.74, 6) is 0.233. The van der Waals surface area contributed by atoms with Crippen LogP contribution < -0.4 is 11.1 Å². The Balaban J connectivity index is 1.52. The quantitative estimate of drug-likeness (QED) is 0.352. The fourth-order valence-corrected chi connectivity index (χ4v) is 5.16. The van der Waals surface area contributed by atoms with E-state index >= 15 is 0 Å². The number of nitrogens with one attached hydrogen (secondary N) is 1. The Morgan fingerprint density at radius 1 is 1.00 bits per heavy atom. The van der Waals surface area contributed by atoms with Crippen molar-refractivity contribution >= 4 is 34.4 Å². The van der Waals surface area contributed by atoms with Gasteiger partial charge in [-0.3, -0.25) is 9.59 Å². The smallest absolute Gasteiger partial charge is 0.253 e. The molecule has 1 fully saturated rings. The summed E-state index contributed by atoms with van der Waals surface area (Å²) in [4.78, 5) is 38.0. The average molecular weight is 524 g/mol. The molecule has 9 nitrogen and oxygen atoms in total. The number of amides is 2. The summed E-state index contributed by atoms with van der Waals surface area (Å²) in [7, 11) is 5.73. The van der Waals surface area contributed by atoms with Crippen LogP contribution in [0.25, 0.3) is 33.4 Å². The van der Waals surface area contributed by atoms with E-state index in [1.165, 1.54) is 6.33 Å². The van der Waals surface area contributed by atoms with Crippen molar-refractivity contribution in [1.29, 1.82) is 0 Å². The second kappa shape index (κ2) is 10.7. The van der Waals surface area contributed by atoms with Crippen LogP contribution in [0.5, 0.6) is 0 Å². The van der Waals surface area contributed by atoms with Crippen LogP contribution in [0.1, 0.15) is 23.2 Å². The first-order valence-electron chi connectivity index (χ1n) is 13.0. The molecule has 9 heteroatoms. The molecule has 1 saturated heterocycles. The Kier molecular flexibility index (Phi) is 7.17. The number of rotatable bonds is 7. The lowest BCUT2D eigenvalue weighted by Gasteiger charge is -2.15. The molecule has 2 aromatic heterocycles. The van der Waals surface area contributed by atoms with Gasteiger partial charge in [-0.1, -0.05) is 30.8 Å². The Hall–Kier alpha value is -4.50. The summed E-state index contributed by atoms with van der Waals surface area (Å²) in [5.41, 5.74) is 12.5. The summed E-state index contributed by atoms with van der Waals surface area (Å²) >= 11 is 0. The number of anilines is 2. The SMILES string of the molecule is C=C(CN(C)C)C(=O)Nc1ccc(-c2c(-c3ccc(C(=O)N4CCCC4)cc3)c3c(N)ncnc3n2C)cc1. The largest absolute Gasteiger partial charge is 0.383 e. The van der Waals surface area contributed by atoms with E-state index in [-0.39, 0.29) is 11.8 Å². The number of nitrogen functional groups attached to an aromatic ring is 1. The topological polar surface area (TPSA) is 109 Å². The van der Waals surface area contributed by atoms with Gasteiger partial charge in [0, 0.05) is 49.1 Å². The molecule has 5 rings (SSSR count). The van der Waals surface area contributed by atoms with E-state index in [1.54, 1.807) is 0 Å². The van der Waals surface area contributed by atoms with Crippen LogP contribution in [0.4, 0.5) is 11.5 Å². The zero-order valence-corrected chi connectivity index (χ0v) is 22.6. The lowest BCUT2D eigenvalue weighted by Crippen LogP contribution is -2.27. The van der Waals surface area contributed by atoms with Gasteiger partial charge in [0.1, 0.15) is 17.8 Å². The van der Waals surface area contributed by atoms with Crippen LogP contribution in [0.3, 0.4) is 0 Å². The van der Waals surface area contributed by atoms with E-state index in [1.807, 2.05) is 84.0 Å². The predicted molar refractivity (Wildman–Crippen MR) is 155 cm³/mol. The third-order valence-electron chi connectivity index (χ3n) is 7.05. The molecule has 0 bridgehead atoms. The third kappa shape index (κ3) is 5.13. The number of hydrogen-bond acceptors (Lipinski definition) is 6. The molecule has 0 spiro atoms. The van der Waals surface area contributed by atoms with Gasteiger partial charge in [-0.15, -0.1) is 0 Å². The lowest BCUT2D eigenvalue weighted by atomic mass is 9.97. The molecular formula is C30H33N7O2. The van der Waals surface area contributed by atoms with Crippen LogP contribution >= 0.6 is 0 Å². The fourth-order valence-electron chi connectivity index (χ4n) is 5.16. The number of benzene rings is 2. The number of carbonyl (C=O) groups is 2. The normalized spacial score (nSPS) is 13.3. The molecule has 2 aromatic carbocycles. The number of nitrogens with two attached hydrogens (primary N) is 1. The van der Waals surface area contributed by atoms with E-state index < -0.39 is 0 Å². The molecule has 4 aromatic rings. The monoisotopic (exact) mass is 523 g/mol. The molecule has 0 radical (unpaired) electrons. The van der Waals surface area contributed by atoms with Crippen LogP contribution in [0.15, 0.2) is 67.0 Å². The summed E-state index contributed by atoms with van der Waals surface area (Å²) in [6.07, 6.45) is 3.56. The predicted octanol–water partition coefficient (Wildman–Crippen LogP) is 4.18. The highest BCUT2D eigenvalue weighted by atomic mass is 16.2. The Morgan fingerprint density at radius 3 is 2.28 bits per heavy atom. The van der Waals surface area contributed by atoms with Gasteiger partial charge in [-0.25, -0.2) is 9.97 Å². The number of likely N-dealkylation sites (tertiary alicyclic amines) is 1. The van der Waals surface area contributed by atoms with Crippen molar-refractivity contribution < 1.29 is 9.59 Å². The van der Waals surface area contributed by atoms with Crippen LogP contribution in [0.2, 0.25) is 0 Å². The molecule has 39 heavy (non-hydrogen) atoms. The van der Waals surface area contributed by atoms with Crippen molar-refractivity contribution in [3.8, 4) is 22.4 Å². The number of fused-ring (bicyclic) bond motifs is 1. The van der Waals surface area contributed by atoms with Crippen LogP contribution in [-0.2, 0) is 11.8 Å². The summed E-state index contributed by atoms with van der Waals surface area (Å²) in [6.45, 7) is 5.97. The van der Waals surface area contributed by atoms with Gasteiger partial charge in [0.05, 0.1) is 11.1 Å². The van der Waals surface area contributed by atoms with Gasteiger partial charge in [-0.2, -0.15) is 0 Å². The molecular weight excluding hydrogens is 490 g/mol. The second-order valence-electron chi connectivity index (χ2n) is 10.2. The van der Waals surface area contributed by atoms with Crippen LogP contribution in [0, 0.1) is 0 Å². The first-order valence-corrected chi connectivity index (χ1v) is 13.0. The van der Waals surface area contributed by atoms with Crippen molar-refractivity contribution in [2.45, 2.75) is 12.8 Å². The second-order valence-corrected chi connectivity index (χ2v) is 10.2.